The van der Waals surface area contributed by atoms with Crippen LogP contribution in [0.2, 0.25) is 0 Å². The number of nitrogens with two attached hydrogens (primary N) is 1. The number of ether oxygens (including phenoxy) is 1. The lowest BCUT2D eigenvalue weighted by Crippen LogP contribution is -2.65. The number of carbonyl (C=O) groups is 4. The number of likely N-dealkylation sites (tertiary alicyclic amines) is 2. The number of amides is 4. The lowest BCUT2D eigenvalue weighted by Gasteiger charge is -2.41. The van der Waals surface area contributed by atoms with Crippen molar-refractivity contribution in [3.8, 4) is 5.75 Å². The second-order valence-electron chi connectivity index (χ2n) is 10.5. The molecule has 3 rings (SSSR count). The van der Waals surface area contributed by atoms with Crippen LogP contribution in [-0.4, -0.2) is 93.7 Å². The lowest BCUT2D eigenvalue weighted by atomic mass is 9.86. The number of hydrogen-bond acceptors (Lipinski definition) is 7. The van der Waals surface area contributed by atoms with E-state index in [1.54, 1.807) is 26.2 Å². The van der Waals surface area contributed by atoms with Crippen LogP contribution in [0.1, 0.15) is 52.0 Å². The average molecular weight is 533 g/mol. The minimum Gasteiger partial charge on any atom is -0.497 e. The van der Waals surface area contributed by atoms with Gasteiger partial charge < -0.3 is 35.8 Å². The number of benzene rings is 1. The Labute approximate surface area is 223 Å². The van der Waals surface area contributed by atoms with Crippen LogP contribution in [0, 0.1) is 5.92 Å². The van der Waals surface area contributed by atoms with Crippen molar-refractivity contribution in [2.45, 2.75) is 82.7 Å². The van der Waals surface area contributed by atoms with Gasteiger partial charge in [-0.3, -0.25) is 19.2 Å². The highest BCUT2D eigenvalue weighted by Gasteiger charge is 2.53. The molecule has 0 unspecified atom stereocenters. The first-order chi connectivity index (χ1) is 17.9. The first-order valence-electron chi connectivity index (χ1n) is 13.1. The van der Waals surface area contributed by atoms with Crippen LogP contribution in [0.3, 0.4) is 0 Å². The molecule has 0 aromatic heterocycles. The van der Waals surface area contributed by atoms with Crippen molar-refractivity contribution in [3.63, 3.8) is 0 Å². The van der Waals surface area contributed by atoms with Crippen molar-refractivity contribution in [2.75, 3.05) is 20.2 Å². The van der Waals surface area contributed by atoms with Crippen molar-refractivity contribution in [1.29, 1.82) is 0 Å². The maximum atomic E-state index is 14.0. The molecule has 1 aromatic rings. The van der Waals surface area contributed by atoms with Gasteiger partial charge in [0.15, 0.2) is 0 Å². The highest BCUT2D eigenvalue weighted by Crippen LogP contribution is 2.36. The minimum atomic E-state index is -1.36. The minimum absolute atomic E-state index is 0.157. The summed E-state index contributed by atoms with van der Waals surface area (Å²) >= 11 is 0. The number of aliphatic hydroxyl groups is 2. The van der Waals surface area contributed by atoms with E-state index in [0.717, 1.165) is 5.56 Å². The predicted molar refractivity (Wildman–Crippen MR) is 139 cm³/mol. The molecule has 38 heavy (non-hydrogen) atoms. The van der Waals surface area contributed by atoms with Crippen LogP contribution in [-0.2, 0) is 25.6 Å². The Balaban J connectivity index is 1.98. The highest BCUT2D eigenvalue weighted by atomic mass is 16.5. The average Bonchev–Trinajstić information content (AvgIpc) is 3.54. The molecule has 2 saturated heterocycles. The molecule has 2 fully saturated rings. The maximum Gasteiger partial charge on any atom is 0.247 e. The molecule has 0 aliphatic carbocycles. The van der Waals surface area contributed by atoms with Gasteiger partial charge in [0.25, 0.3) is 0 Å². The molecule has 0 radical (unpaired) electrons. The molecule has 0 bridgehead atoms. The molecule has 2 aliphatic rings. The van der Waals surface area contributed by atoms with Gasteiger partial charge >= 0.3 is 0 Å². The Morgan fingerprint density at radius 3 is 2.29 bits per heavy atom. The van der Waals surface area contributed by atoms with Crippen molar-refractivity contribution in [3.05, 3.63) is 29.8 Å². The van der Waals surface area contributed by atoms with Crippen molar-refractivity contribution in [1.82, 2.24) is 15.1 Å². The zero-order valence-corrected chi connectivity index (χ0v) is 22.6. The third-order valence-electron chi connectivity index (χ3n) is 7.84. The van der Waals surface area contributed by atoms with Gasteiger partial charge in [-0.25, -0.2) is 0 Å². The molecule has 0 saturated carbocycles. The second-order valence-corrected chi connectivity index (χ2v) is 10.5. The van der Waals surface area contributed by atoms with E-state index >= 15 is 0 Å². The molecular formula is C27H40N4O7. The van der Waals surface area contributed by atoms with E-state index in [9.17, 15) is 29.4 Å². The van der Waals surface area contributed by atoms with Crippen LogP contribution in [0.4, 0.5) is 0 Å². The maximum absolute atomic E-state index is 14.0. The summed E-state index contributed by atoms with van der Waals surface area (Å²) in [4.78, 5) is 56.0. The normalized spacial score (nSPS) is 24.4. The van der Waals surface area contributed by atoms with E-state index in [0.29, 0.717) is 44.5 Å². The number of carbonyl (C=O) groups excluding carboxylic acids is 4. The standard InChI is InChI=1S/C27H40N4O7/c1-16(17(2)32)24(35)30-13-5-7-21(30)25(36)31-14-6-12-27(31,15-19-8-10-20(38-4)11-9-19)26(37)29-22(18(3)33)23(28)34/h8-11,16-18,21-22,32-33H,5-7,12-15H2,1-4H3,(H2,28,34)(H,29,37)/t16-,17+,18+,21-,22-,27-/m0/s1. The van der Waals surface area contributed by atoms with Gasteiger partial charge in [0.05, 0.1) is 25.2 Å². The number of methoxy groups -OCH3 is 1. The molecule has 2 aliphatic heterocycles. The SMILES string of the molecule is COc1ccc(C[C@]2(C(=O)N[C@H](C(N)=O)[C@@H](C)O)CCCN2C(=O)[C@@H]2CCCN2C(=O)[C@@H](C)[C@@H](C)O)cc1. The second kappa shape index (κ2) is 12.1. The summed E-state index contributed by atoms with van der Waals surface area (Å²) in [6.45, 7) is 5.21. The molecule has 2 heterocycles. The quantitative estimate of drug-likeness (QED) is 0.328. The fourth-order valence-corrected chi connectivity index (χ4v) is 5.42. The van der Waals surface area contributed by atoms with Crippen LogP contribution in [0.15, 0.2) is 24.3 Å². The summed E-state index contributed by atoms with van der Waals surface area (Å²) in [6, 6.07) is 5.06. The Morgan fingerprint density at radius 2 is 1.74 bits per heavy atom. The number of nitrogens with one attached hydrogen (secondary N) is 1. The highest BCUT2D eigenvalue weighted by molar-refractivity contribution is 5.97. The summed E-state index contributed by atoms with van der Waals surface area (Å²) in [5.74, 6) is -2.15. The van der Waals surface area contributed by atoms with Crippen LogP contribution < -0.4 is 15.8 Å². The monoisotopic (exact) mass is 532 g/mol. The molecule has 6 atom stereocenters. The van der Waals surface area contributed by atoms with Crippen molar-refractivity contribution in [2.24, 2.45) is 11.7 Å². The van der Waals surface area contributed by atoms with E-state index in [2.05, 4.69) is 5.32 Å². The zero-order valence-electron chi connectivity index (χ0n) is 22.6. The van der Waals surface area contributed by atoms with Crippen molar-refractivity contribution < 1.29 is 34.1 Å². The van der Waals surface area contributed by atoms with Crippen LogP contribution in [0.25, 0.3) is 0 Å². The topological polar surface area (TPSA) is 162 Å². The molecule has 0 spiro atoms. The van der Waals surface area contributed by atoms with Crippen LogP contribution in [0.5, 0.6) is 5.75 Å². The number of rotatable bonds is 10. The molecule has 1 aromatic carbocycles. The van der Waals surface area contributed by atoms with E-state index < -0.39 is 47.6 Å². The summed E-state index contributed by atoms with van der Waals surface area (Å²) < 4.78 is 5.24. The van der Waals surface area contributed by atoms with E-state index in [-0.39, 0.29) is 18.2 Å². The third-order valence-corrected chi connectivity index (χ3v) is 7.84. The smallest absolute Gasteiger partial charge is 0.247 e. The summed E-state index contributed by atoms with van der Waals surface area (Å²) in [5.41, 5.74) is 4.85. The third kappa shape index (κ3) is 5.94. The molecule has 210 valence electrons. The zero-order chi connectivity index (χ0) is 28.2. The lowest BCUT2D eigenvalue weighted by molar-refractivity contribution is -0.153. The van der Waals surface area contributed by atoms with E-state index in [1.807, 2.05) is 12.1 Å². The number of aliphatic hydroxyl groups excluding tert-OH is 2. The van der Waals surface area contributed by atoms with Crippen LogP contribution >= 0.6 is 0 Å². The Bertz CT molecular complexity index is 1030. The molecular weight excluding hydrogens is 492 g/mol. The van der Waals surface area contributed by atoms with Gasteiger partial charge in [0.1, 0.15) is 23.4 Å². The summed E-state index contributed by atoms with van der Waals surface area (Å²) in [6.07, 6.45) is 0.00617. The fraction of sp³-hybridized carbons (Fsp3) is 0.630. The van der Waals surface area contributed by atoms with Gasteiger partial charge in [0, 0.05) is 19.5 Å². The van der Waals surface area contributed by atoms with Gasteiger partial charge in [-0.05, 0) is 57.2 Å². The largest absolute Gasteiger partial charge is 0.497 e. The Morgan fingerprint density at radius 1 is 1.08 bits per heavy atom. The fourth-order valence-electron chi connectivity index (χ4n) is 5.42. The Kier molecular flexibility index (Phi) is 9.37. The van der Waals surface area contributed by atoms with E-state index in [1.165, 1.54) is 23.6 Å². The first-order valence-corrected chi connectivity index (χ1v) is 13.1. The first kappa shape index (κ1) is 29.4. The van der Waals surface area contributed by atoms with Crippen molar-refractivity contribution >= 4 is 23.6 Å². The molecule has 5 N–H and O–H groups in total. The van der Waals surface area contributed by atoms with E-state index in [4.69, 9.17) is 10.5 Å². The number of hydrogen-bond donors (Lipinski definition) is 4. The Hall–Kier alpha value is -3.18. The summed E-state index contributed by atoms with van der Waals surface area (Å²) in [5, 5.41) is 22.6. The van der Waals surface area contributed by atoms with Gasteiger partial charge in [-0.1, -0.05) is 19.1 Å². The molecule has 11 nitrogen and oxygen atoms in total. The molecule has 11 heteroatoms. The molecule has 4 amide bonds. The number of primary amides is 1. The predicted octanol–water partition coefficient (Wildman–Crippen LogP) is -0.0423. The van der Waals surface area contributed by atoms with Gasteiger partial charge in [-0.15, -0.1) is 0 Å². The number of nitrogens with zero attached hydrogens (tertiary/aromatic N) is 2. The summed E-state index contributed by atoms with van der Waals surface area (Å²) in [7, 11) is 1.55. The van der Waals surface area contributed by atoms with Gasteiger partial charge in [0.2, 0.25) is 23.6 Å². The van der Waals surface area contributed by atoms with Gasteiger partial charge in [-0.2, -0.15) is 0 Å².